The summed E-state index contributed by atoms with van der Waals surface area (Å²) in [6.45, 7) is 2.03. The first-order valence-electron chi connectivity index (χ1n) is 12.7. The van der Waals surface area contributed by atoms with Crippen LogP contribution in [0.25, 0.3) is 0 Å². The van der Waals surface area contributed by atoms with Gasteiger partial charge in [0.25, 0.3) is 0 Å². The normalized spacial score (nSPS) is 24.0. The molecular weight excluding hydrogens is 493 g/mol. The van der Waals surface area contributed by atoms with E-state index in [1.165, 1.54) is 31.4 Å². The summed E-state index contributed by atoms with van der Waals surface area (Å²) in [7, 11) is 0. The Morgan fingerprint density at radius 1 is 0.811 bits per heavy atom. The van der Waals surface area contributed by atoms with Crippen LogP contribution in [0.5, 0.6) is 0 Å². The molecule has 0 aliphatic heterocycles. The number of allylic oxidation sites excluding steroid dienone is 2. The van der Waals surface area contributed by atoms with Crippen LogP contribution in [0.2, 0.25) is 0 Å². The predicted octanol–water partition coefficient (Wildman–Crippen LogP) is 9.32. The number of rotatable bonds is 4. The predicted molar refractivity (Wildman–Crippen MR) is 129 cm³/mol. The molecule has 2 aromatic rings. The largest absolute Gasteiger partial charge is 0.422 e. The van der Waals surface area contributed by atoms with Gasteiger partial charge in [0.05, 0.1) is 5.56 Å². The fourth-order valence-electron chi connectivity index (χ4n) is 6.05. The zero-order chi connectivity index (χ0) is 26.7. The Balaban J connectivity index is 1.46. The van der Waals surface area contributed by atoms with Crippen molar-refractivity contribution in [3.05, 3.63) is 81.9 Å². The highest BCUT2D eigenvalue weighted by Gasteiger charge is 2.38. The molecule has 0 heterocycles. The summed E-state index contributed by atoms with van der Waals surface area (Å²) in [5.74, 6) is 0.896. The van der Waals surface area contributed by atoms with Crippen LogP contribution in [0, 0.1) is 52.9 Å². The summed E-state index contributed by atoms with van der Waals surface area (Å²) < 4.78 is 95.4. The second-order valence-corrected chi connectivity index (χ2v) is 10.3. The van der Waals surface area contributed by atoms with Crippen molar-refractivity contribution in [1.29, 1.82) is 0 Å². The molecule has 0 saturated heterocycles. The third kappa shape index (κ3) is 6.40. The first-order valence-corrected chi connectivity index (χ1v) is 12.7. The summed E-state index contributed by atoms with van der Waals surface area (Å²) >= 11 is 0. The van der Waals surface area contributed by atoms with Gasteiger partial charge in [0, 0.05) is 5.56 Å². The van der Waals surface area contributed by atoms with E-state index in [-0.39, 0.29) is 5.92 Å². The van der Waals surface area contributed by atoms with Crippen molar-refractivity contribution in [1.82, 2.24) is 0 Å². The lowest BCUT2D eigenvalue weighted by molar-refractivity contribution is -0.142. The van der Waals surface area contributed by atoms with Gasteiger partial charge in [-0.3, -0.25) is 0 Å². The van der Waals surface area contributed by atoms with Gasteiger partial charge in [-0.05, 0) is 105 Å². The maximum Gasteiger partial charge on any atom is 0.422 e. The van der Waals surface area contributed by atoms with Crippen molar-refractivity contribution < 1.29 is 30.7 Å². The second kappa shape index (κ2) is 11.3. The van der Waals surface area contributed by atoms with Crippen LogP contribution in [0.1, 0.15) is 86.5 Å². The Morgan fingerprint density at radius 3 is 2.05 bits per heavy atom. The molecule has 0 nitrogen and oxygen atoms in total. The average molecular weight is 523 g/mol. The molecule has 7 heteroatoms. The molecular formula is C30H29F7. The smallest absolute Gasteiger partial charge is 0.206 e. The van der Waals surface area contributed by atoms with Gasteiger partial charge >= 0.3 is 6.18 Å². The van der Waals surface area contributed by atoms with Gasteiger partial charge in [-0.15, -0.1) is 0 Å². The Labute approximate surface area is 213 Å². The van der Waals surface area contributed by atoms with Crippen LogP contribution in [-0.4, -0.2) is 0 Å². The summed E-state index contributed by atoms with van der Waals surface area (Å²) in [4.78, 5) is 0. The van der Waals surface area contributed by atoms with Crippen LogP contribution in [0.15, 0.2) is 36.4 Å². The molecule has 2 aromatic carbocycles. The molecule has 4 unspecified atom stereocenters. The third-order valence-corrected chi connectivity index (χ3v) is 7.89. The van der Waals surface area contributed by atoms with E-state index in [0.717, 1.165) is 38.0 Å². The van der Waals surface area contributed by atoms with E-state index in [0.29, 0.717) is 29.5 Å². The minimum atomic E-state index is -5.21. The first-order chi connectivity index (χ1) is 17.6. The minimum Gasteiger partial charge on any atom is -0.206 e. The zero-order valence-corrected chi connectivity index (χ0v) is 20.6. The summed E-state index contributed by atoms with van der Waals surface area (Å²) in [6, 6.07) is 3.32. The van der Waals surface area contributed by atoms with Crippen molar-refractivity contribution in [3.8, 4) is 11.8 Å². The standard InChI is InChI=1S/C30H29F7/c1-2-3-4-5-18-6-8-21-15-22(10-9-20(21)12-18)23-16-25(31)24(26(32)17-23)11-7-19-13-27(33)29(28(34)14-19)30(35,36)37/h2-3,13-14,16-18,20-22H,4-6,8-10,12,15H2,1H3/b3-2+. The van der Waals surface area contributed by atoms with Gasteiger partial charge < -0.3 is 0 Å². The van der Waals surface area contributed by atoms with Crippen molar-refractivity contribution in [2.24, 2.45) is 17.8 Å². The number of halogens is 7. The lowest BCUT2D eigenvalue weighted by atomic mass is 9.63. The van der Waals surface area contributed by atoms with Gasteiger partial charge in [0.1, 0.15) is 28.8 Å². The molecule has 2 saturated carbocycles. The SMILES string of the molecule is C/C=C/CCC1CCC2CC(c3cc(F)c(C#Cc4cc(F)c(C(F)(F)F)c(F)c4)c(F)c3)CCC2C1. The van der Waals surface area contributed by atoms with Crippen molar-refractivity contribution in [2.45, 2.75) is 70.4 Å². The number of hydrogen-bond donors (Lipinski definition) is 0. The molecule has 198 valence electrons. The van der Waals surface area contributed by atoms with E-state index in [1.807, 2.05) is 6.92 Å². The molecule has 4 rings (SSSR count). The first kappa shape index (κ1) is 27.3. The molecule has 4 atom stereocenters. The molecule has 2 fully saturated rings. The highest BCUT2D eigenvalue weighted by atomic mass is 19.4. The van der Waals surface area contributed by atoms with Crippen LogP contribution in [0.3, 0.4) is 0 Å². The van der Waals surface area contributed by atoms with E-state index in [2.05, 4.69) is 24.0 Å². The van der Waals surface area contributed by atoms with E-state index >= 15 is 0 Å². The quantitative estimate of drug-likeness (QED) is 0.213. The number of fused-ring (bicyclic) bond motifs is 1. The summed E-state index contributed by atoms with van der Waals surface area (Å²) in [5.41, 5.74) is -2.50. The maximum atomic E-state index is 14.8. The number of alkyl halides is 3. The second-order valence-electron chi connectivity index (χ2n) is 10.3. The molecule has 0 N–H and O–H groups in total. The van der Waals surface area contributed by atoms with Gasteiger partial charge in [0.2, 0.25) is 0 Å². The molecule has 37 heavy (non-hydrogen) atoms. The van der Waals surface area contributed by atoms with E-state index in [9.17, 15) is 30.7 Å². The van der Waals surface area contributed by atoms with E-state index in [1.54, 1.807) is 0 Å². The highest BCUT2D eigenvalue weighted by molar-refractivity contribution is 5.46. The maximum absolute atomic E-state index is 14.8. The molecule has 0 aromatic heterocycles. The fraction of sp³-hybridized carbons (Fsp3) is 0.467. The molecule has 0 bridgehead atoms. The van der Waals surface area contributed by atoms with Gasteiger partial charge in [-0.2, -0.15) is 13.2 Å². The molecule has 2 aliphatic carbocycles. The molecule has 0 amide bonds. The van der Waals surface area contributed by atoms with Crippen molar-refractivity contribution in [3.63, 3.8) is 0 Å². The number of benzene rings is 2. The average Bonchev–Trinajstić information content (AvgIpc) is 2.82. The number of hydrogen-bond acceptors (Lipinski definition) is 0. The van der Waals surface area contributed by atoms with Crippen LogP contribution < -0.4 is 0 Å². The summed E-state index contributed by atoms with van der Waals surface area (Å²) in [6.07, 6.45) is 7.72. The van der Waals surface area contributed by atoms with Gasteiger partial charge in [0.15, 0.2) is 0 Å². The fourth-order valence-corrected chi connectivity index (χ4v) is 6.05. The van der Waals surface area contributed by atoms with Crippen LogP contribution in [-0.2, 0) is 6.18 Å². The highest BCUT2D eigenvalue weighted by Crippen LogP contribution is 2.48. The zero-order valence-electron chi connectivity index (χ0n) is 20.6. The van der Waals surface area contributed by atoms with Crippen molar-refractivity contribution in [2.75, 3.05) is 0 Å². The van der Waals surface area contributed by atoms with Crippen LogP contribution >= 0.6 is 0 Å². The Morgan fingerprint density at radius 2 is 1.43 bits per heavy atom. The van der Waals surface area contributed by atoms with Crippen LogP contribution in [0.4, 0.5) is 30.7 Å². The summed E-state index contributed by atoms with van der Waals surface area (Å²) in [5, 5.41) is 0. The molecule has 0 radical (unpaired) electrons. The molecule has 0 spiro atoms. The van der Waals surface area contributed by atoms with E-state index < -0.39 is 46.1 Å². The third-order valence-electron chi connectivity index (χ3n) is 7.89. The lowest BCUT2D eigenvalue weighted by Gasteiger charge is -2.42. The Hall–Kier alpha value is -2.75. The minimum absolute atomic E-state index is 0.0462. The Bertz CT molecular complexity index is 1170. The lowest BCUT2D eigenvalue weighted by Crippen LogP contribution is -2.30. The Kier molecular flexibility index (Phi) is 8.36. The van der Waals surface area contributed by atoms with E-state index in [4.69, 9.17) is 0 Å². The topological polar surface area (TPSA) is 0 Å². The monoisotopic (exact) mass is 522 g/mol. The van der Waals surface area contributed by atoms with Crippen molar-refractivity contribution >= 4 is 0 Å². The van der Waals surface area contributed by atoms with Gasteiger partial charge in [-0.25, -0.2) is 17.6 Å². The van der Waals surface area contributed by atoms with Gasteiger partial charge in [-0.1, -0.05) is 30.4 Å². The molecule has 2 aliphatic rings.